The van der Waals surface area contributed by atoms with E-state index in [0.717, 1.165) is 57.2 Å². The van der Waals surface area contributed by atoms with Crippen LogP contribution in [-0.4, -0.2) is 45.4 Å². The van der Waals surface area contributed by atoms with Crippen LogP contribution in [0.15, 0.2) is 29.3 Å². The number of para-hydroxylation sites is 1. The van der Waals surface area contributed by atoms with E-state index in [2.05, 4.69) is 28.6 Å². The van der Waals surface area contributed by atoms with Crippen LogP contribution in [0.3, 0.4) is 0 Å². The number of hydrogen-bond acceptors (Lipinski definition) is 3. The highest BCUT2D eigenvalue weighted by molar-refractivity contribution is 5.79. The van der Waals surface area contributed by atoms with Gasteiger partial charge in [0.15, 0.2) is 5.96 Å². The Hall–Kier alpha value is -1.75. The van der Waals surface area contributed by atoms with E-state index in [1.165, 1.54) is 5.56 Å². The Morgan fingerprint density at radius 1 is 1.36 bits per heavy atom. The summed E-state index contributed by atoms with van der Waals surface area (Å²) in [6.07, 6.45) is 3.45. The van der Waals surface area contributed by atoms with Crippen molar-refractivity contribution in [1.82, 2.24) is 10.6 Å². The second-order valence-electron chi connectivity index (χ2n) is 5.34. The highest BCUT2D eigenvalue weighted by Crippen LogP contribution is 2.17. The largest absolute Gasteiger partial charge is 0.496 e. The fourth-order valence-electron chi connectivity index (χ4n) is 2.55. The summed E-state index contributed by atoms with van der Waals surface area (Å²) in [6.45, 7) is 5.34. The molecule has 1 saturated heterocycles. The van der Waals surface area contributed by atoms with Gasteiger partial charge in [-0.3, -0.25) is 4.99 Å². The van der Waals surface area contributed by atoms with Crippen molar-refractivity contribution in [3.05, 3.63) is 29.8 Å². The predicted molar refractivity (Wildman–Crippen MR) is 89.7 cm³/mol. The summed E-state index contributed by atoms with van der Waals surface area (Å²) in [5, 5.41) is 6.65. The number of hydrogen-bond donors (Lipinski definition) is 2. The first-order chi connectivity index (χ1) is 10.8. The molecule has 1 fully saturated rings. The first-order valence-electron chi connectivity index (χ1n) is 8.09. The van der Waals surface area contributed by atoms with E-state index in [9.17, 15) is 0 Å². The van der Waals surface area contributed by atoms with E-state index >= 15 is 0 Å². The molecule has 0 saturated carbocycles. The lowest BCUT2D eigenvalue weighted by molar-refractivity contribution is 0.117. The SMILES string of the molecule is CCNC(=NCC1CCCO1)NCCc1ccccc1OC. The minimum atomic E-state index is 0.282. The molecule has 0 spiro atoms. The van der Waals surface area contributed by atoms with Crippen molar-refractivity contribution in [2.75, 3.05) is 33.4 Å². The molecule has 1 heterocycles. The van der Waals surface area contributed by atoms with Gasteiger partial charge in [-0.1, -0.05) is 18.2 Å². The summed E-state index contributed by atoms with van der Waals surface area (Å²) in [5.74, 6) is 1.79. The third kappa shape index (κ3) is 5.22. The van der Waals surface area contributed by atoms with Crippen molar-refractivity contribution in [2.24, 2.45) is 4.99 Å². The van der Waals surface area contributed by atoms with Crippen LogP contribution in [0.25, 0.3) is 0 Å². The average Bonchev–Trinajstić information content (AvgIpc) is 3.06. The van der Waals surface area contributed by atoms with Crippen LogP contribution in [0.1, 0.15) is 25.3 Å². The number of benzene rings is 1. The van der Waals surface area contributed by atoms with Crippen LogP contribution in [0.4, 0.5) is 0 Å². The number of nitrogens with zero attached hydrogens (tertiary/aromatic N) is 1. The molecule has 0 radical (unpaired) electrons. The standard InChI is InChI=1S/C17H27N3O2/c1-3-18-17(20-13-15-8-6-12-22-15)19-11-10-14-7-4-5-9-16(14)21-2/h4-5,7,9,15H,3,6,8,10-13H2,1-2H3,(H2,18,19,20). The van der Waals surface area contributed by atoms with Gasteiger partial charge in [-0.2, -0.15) is 0 Å². The summed E-state index contributed by atoms with van der Waals surface area (Å²) in [6, 6.07) is 8.11. The number of rotatable bonds is 7. The van der Waals surface area contributed by atoms with Gasteiger partial charge in [-0.15, -0.1) is 0 Å². The Bertz CT molecular complexity index is 471. The molecule has 1 aliphatic heterocycles. The van der Waals surface area contributed by atoms with Gasteiger partial charge in [0, 0.05) is 19.7 Å². The van der Waals surface area contributed by atoms with Gasteiger partial charge in [0.1, 0.15) is 5.75 Å². The van der Waals surface area contributed by atoms with Gasteiger partial charge in [-0.25, -0.2) is 0 Å². The second kappa shape index (κ2) is 9.30. The smallest absolute Gasteiger partial charge is 0.191 e. The first-order valence-corrected chi connectivity index (χ1v) is 8.09. The molecule has 1 aromatic rings. The maximum Gasteiger partial charge on any atom is 0.191 e. The monoisotopic (exact) mass is 305 g/mol. The molecular formula is C17H27N3O2. The zero-order valence-corrected chi connectivity index (χ0v) is 13.6. The van der Waals surface area contributed by atoms with Crippen molar-refractivity contribution >= 4 is 5.96 Å². The molecule has 0 aliphatic carbocycles. The molecule has 0 bridgehead atoms. The van der Waals surface area contributed by atoms with Crippen molar-refractivity contribution in [1.29, 1.82) is 0 Å². The summed E-state index contributed by atoms with van der Waals surface area (Å²) >= 11 is 0. The van der Waals surface area contributed by atoms with E-state index in [4.69, 9.17) is 9.47 Å². The maximum atomic E-state index is 5.61. The molecule has 1 aliphatic rings. The van der Waals surface area contributed by atoms with Crippen LogP contribution in [0, 0.1) is 0 Å². The average molecular weight is 305 g/mol. The number of aliphatic imine (C=N–C) groups is 1. The van der Waals surface area contributed by atoms with Crippen molar-refractivity contribution in [3.8, 4) is 5.75 Å². The molecule has 2 rings (SSSR count). The van der Waals surface area contributed by atoms with Crippen molar-refractivity contribution in [2.45, 2.75) is 32.3 Å². The molecule has 5 nitrogen and oxygen atoms in total. The molecular weight excluding hydrogens is 278 g/mol. The van der Waals surface area contributed by atoms with Crippen molar-refractivity contribution < 1.29 is 9.47 Å². The fourth-order valence-corrected chi connectivity index (χ4v) is 2.55. The Balaban J connectivity index is 1.81. The van der Waals surface area contributed by atoms with Crippen LogP contribution in [0.2, 0.25) is 0 Å². The summed E-state index contributed by atoms with van der Waals surface area (Å²) in [4.78, 5) is 4.61. The quantitative estimate of drug-likeness (QED) is 0.597. The molecule has 2 N–H and O–H groups in total. The van der Waals surface area contributed by atoms with Crippen LogP contribution in [-0.2, 0) is 11.2 Å². The summed E-state index contributed by atoms with van der Waals surface area (Å²) in [7, 11) is 1.71. The summed E-state index contributed by atoms with van der Waals surface area (Å²) in [5.41, 5.74) is 1.20. The number of guanidine groups is 1. The molecule has 1 unspecified atom stereocenters. The number of nitrogens with one attached hydrogen (secondary N) is 2. The molecule has 0 amide bonds. The molecule has 1 aromatic carbocycles. The van der Waals surface area contributed by atoms with Gasteiger partial charge >= 0.3 is 0 Å². The predicted octanol–water partition coefficient (Wildman–Crippen LogP) is 1.97. The highest BCUT2D eigenvalue weighted by Gasteiger charge is 2.14. The minimum absolute atomic E-state index is 0.282. The maximum absolute atomic E-state index is 5.61. The fraction of sp³-hybridized carbons (Fsp3) is 0.588. The first kappa shape index (κ1) is 16.6. The third-order valence-electron chi connectivity index (χ3n) is 3.70. The number of ether oxygens (including phenoxy) is 2. The van der Waals surface area contributed by atoms with Gasteiger partial charge in [-0.05, 0) is 37.8 Å². The van der Waals surface area contributed by atoms with E-state index in [-0.39, 0.29) is 6.10 Å². The number of methoxy groups -OCH3 is 1. The Morgan fingerprint density at radius 2 is 2.23 bits per heavy atom. The van der Waals surface area contributed by atoms with Crippen LogP contribution < -0.4 is 15.4 Å². The highest BCUT2D eigenvalue weighted by atomic mass is 16.5. The van der Waals surface area contributed by atoms with Gasteiger partial charge < -0.3 is 20.1 Å². The van der Waals surface area contributed by atoms with Crippen LogP contribution in [0.5, 0.6) is 5.75 Å². The third-order valence-corrected chi connectivity index (χ3v) is 3.70. The summed E-state index contributed by atoms with van der Waals surface area (Å²) < 4.78 is 11.0. The van der Waals surface area contributed by atoms with E-state index in [1.54, 1.807) is 7.11 Å². The van der Waals surface area contributed by atoms with Crippen LogP contribution >= 0.6 is 0 Å². The molecule has 22 heavy (non-hydrogen) atoms. The van der Waals surface area contributed by atoms with E-state index < -0.39 is 0 Å². The molecule has 5 heteroatoms. The zero-order valence-electron chi connectivity index (χ0n) is 13.6. The lowest BCUT2D eigenvalue weighted by atomic mass is 10.1. The second-order valence-corrected chi connectivity index (χ2v) is 5.34. The van der Waals surface area contributed by atoms with E-state index in [1.807, 2.05) is 18.2 Å². The van der Waals surface area contributed by atoms with Crippen molar-refractivity contribution in [3.63, 3.8) is 0 Å². The van der Waals surface area contributed by atoms with Gasteiger partial charge in [0.25, 0.3) is 0 Å². The normalized spacial score (nSPS) is 18.3. The molecule has 1 atom stereocenters. The Kier molecular flexibility index (Phi) is 7.03. The molecule has 0 aromatic heterocycles. The van der Waals surface area contributed by atoms with E-state index in [0.29, 0.717) is 0 Å². The zero-order chi connectivity index (χ0) is 15.6. The van der Waals surface area contributed by atoms with Gasteiger partial charge in [0.05, 0.1) is 19.8 Å². The Morgan fingerprint density at radius 3 is 2.95 bits per heavy atom. The van der Waals surface area contributed by atoms with Gasteiger partial charge in [0.2, 0.25) is 0 Å². The molecule has 122 valence electrons. The topological polar surface area (TPSA) is 54.9 Å². The lowest BCUT2D eigenvalue weighted by Crippen LogP contribution is -2.39. The lowest BCUT2D eigenvalue weighted by Gasteiger charge is -2.13. The minimum Gasteiger partial charge on any atom is -0.496 e. The Labute approximate surface area is 133 Å².